The lowest BCUT2D eigenvalue weighted by molar-refractivity contribution is -0.139. The van der Waals surface area contributed by atoms with Gasteiger partial charge in [0, 0.05) is 0 Å². The first kappa shape index (κ1) is 20.1. The van der Waals surface area contributed by atoms with Crippen LogP contribution in [0.4, 0.5) is 13.2 Å². The summed E-state index contributed by atoms with van der Waals surface area (Å²) < 4.78 is 64.3. The maximum Gasteiger partial charge on any atom is 0.416 e. The molecule has 0 aromatic heterocycles. The first-order valence-corrected chi connectivity index (χ1v) is 9.35. The SMILES string of the molecule is CSCC[C@@H](NS(=O)(=O)c1cc(C(F)(F)F)ccc1Cl)C(=O)O. The van der Waals surface area contributed by atoms with E-state index in [9.17, 15) is 26.4 Å². The summed E-state index contributed by atoms with van der Waals surface area (Å²) in [6, 6.07) is 0.358. The van der Waals surface area contributed by atoms with Crippen LogP contribution < -0.4 is 4.72 Å². The molecule has 1 aromatic carbocycles. The molecule has 1 rings (SSSR count). The van der Waals surface area contributed by atoms with Crippen LogP contribution in [0, 0.1) is 0 Å². The van der Waals surface area contributed by atoms with E-state index in [1.807, 2.05) is 4.72 Å². The Morgan fingerprint density at radius 2 is 2.04 bits per heavy atom. The van der Waals surface area contributed by atoms with Gasteiger partial charge in [-0.15, -0.1) is 0 Å². The zero-order valence-electron chi connectivity index (χ0n) is 11.7. The molecule has 2 N–H and O–H groups in total. The Morgan fingerprint density at radius 1 is 1.43 bits per heavy atom. The van der Waals surface area contributed by atoms with E-state index in [4.69, 9.17) is 16.7 Å². The molecule has 0 spiro atoms. The Bertz CT molecular complexity index is 679. The molecule has 0 saturated heterocycles. The fraction of sp³-hybridized carbons (Fsp3) is 0.417. The van der Waals surface area contributed by atoms with E-state index in [-0.39, 0.29) is 6.42 Å². The molecule has 0 fully saturated rings. The van der Waals surface area contributed by atoms with Gasteiger partial charge < -0.3 is 5.11 Å². The fourth-order valence-corrected chi connectivity index (χ4v) is 3.83. The Balaban J connectivity index is 3.19. The molecule has 0 bridgehead atoms. The predicted molar refractivity (Wildman–Crippen MR) is 81.2 cm³/mol. The average Bonchev–Trinajstić information content (AvgIpc) is 2.42. The molecule has 0 heterocycles. The van der Waals surface area contributed by atoms with Crippen LogP contribution in [0.1, 0.15) is 12.0 Å². The third-order valence-electron chi connectivity index (χ3n) is 2.75. The van der Waals surface area contributed by atoms with Crippen molar-refractivity contribution in [3.63, 3.8) is 0 Å². The number of hydrogen-bond donors (Lipinski definition) is 2. The summed E-state index contributed by atoms with van der Waals surface area (Å²) in [7, 11) is -4.52. The van der Waals surface area contributed by atoms with Crippen LogP contribution in [0.3, 0.4) is 0 Å². The number of carbonyl (C=O) groups is 1. The van der Waals surface area contributed by atoms with Gasteiger partial charge in [-0.1, -0.05) is 11.6 Å². The molecule has 11 heteroatoms. The quantitative estimate of drug-likeness (QED) is 0.746. The molecule has 23 heavy (non-hydrogen) atoms. The zero-order chi connectivity index (χ0) is 17.8. The zero-order valence-corrected chi connectivity index (χ0v) is 14.1. The number of sulfonamides is 1. The first-order valence-electron chi connectivity index (χ1n) is 6.10. The van der Waals surface area contributed by atoms with E-state index in [0.29, 0.717) is 17.9 Å². The molecule has 0 amide bonds. The number of rotatable bonds is 7. The number of thioether (sulfide) groups is 1. The molecule has 130 valence electrons. The molecule has 0 aliphatic carbocycles. The molecular formula is C12H13ClF3NO4S2. The molecule has 0 aliphatic rings. The van der Waals surface area contributed by atoms with Gasteiger partial charge in [-0.25, -0.2) is 8.42 Å². The summed E-state index contributed by atoms with van der Waals surface area (Å²) in [6.07, 6.45) is -3.07. The van der Waals surface area contributed by atoms with Crippen molar-refractivity contribution in [2.45, 2.75) is 23.5 Å². The van der Waals surface area contributed by atoms with E-state index in [1.54, 1.807) is 6.26 Å². The second-order valence-corrected chi connectivity index (χ2v) is 7.51. The third kappa shape index (κ3) is 5.55. The van der Waals surface area contributed by atoms with Gasteiger partial charge in [-0.3, -0.25) is 4.79 Å². The Hall–Kier alpha value is -0.970. The van der Waals surface area contributed by atoms with Crippen LogP contribution >= 0.6 is 23.4 Å². The van der Waals surface area contributed by atoms with Gasteiger partial charge in [0.25, 0.3) is 0 Å². The average molecular weight is 392 g/mol. The molecule has 0 saturated carbocycles. The van der Waals surface area contributed by atoms with Crippen molar-refractivity contribution >= 4 is 39.4 Å². The molecule has 0 aliphatic heterocycles. The summed E-state index contributed by atoms with van der Waals surface area (Å²) in [5.41, 5.74) is -1.20. The molecule has 5 nitrogen and oxygen atoms in total. The Kier molecular flexibility index (Phi) is 6.75. The van der Waals surface area contributed by atoms with Crippen molar-refractivity contribution < 1.29 is 31.5 Å². The minimum absolute atomic E-state index is 0.0215. The highest BCUT2D eigenvalue weighted by Crippen LogP contribution is 2.33. The number of hydrogen-bond acceptors (Lipinski definition) is 4. The van der Waals surface area contributed by atoms with Gasteiger partial charge in [-0.2, -0.15) is 29.7 Å². The van der Waals surface area contributed by atoms with E-state index in [0.717, 1.165) is 6.07 Å². The molecular weight excluding hydrogens is 379 g/mol. The van der Waals surface area contributed by atoms with Gasteiger partial charge in [0.1, 0.15) is 10.9 Å². The Morgan fingerprint density at radius 3 is 2.52 bits per heavy atom. The molecule has 0 radical (unpaired) electrons. The van der Waals surface area contributed by atoms with E-state index in [2.05, 4.69) is 0 Å². The lowest BCUT2D eigenvalue weighted by Gasteiger charge is -2.16. The number of halogens is 4. The standard InChI is InChI=1S/C12H13ClF3NO4S2/c1-22-5-4-9(11(18)19)17-23(20,21)10-6-7(12(14,15)16)2-3-8(10)13/h2-3,6,9,17H,4-5H2,1H3,(H,18,19)/t9-/m1/s1. The van der Waals surface area contributed by atoms with Crippen molar-refractivity contribution in [2.75, 3.05) is 12.0 Å². The van der Waals surface area contributed by atoms with Crippen molar-refractivity contribution in [1.29, 1.82) is 0 Å². The number of carboxylic acid groups (broad SMARTS) is 1. The minimum Gasteiger partial charge on any atom is -0.480 e. The van der Waals surface area contributed by atoms with Gasteiger partial charge >= 0.3 is 12.1 Å². The largest absolute Gasteiger partial charge is 0.480 e. The number of benzene rings is 1. The monoisotopic (exact) mass is 391 g/mol. The maximum absolute atomic E-state index is 12.7. The van der Waals surface area contributed by atoms with Crippen molar-refractivity contribution in [1.82, 2.24) is 4.72 Å². The Labute approximate surface area is 140 Å². The van der Waals surface area contributed by atoms with Gasteiger partial charge in [0.15, 0.2) is 0 Å². The summed E-state index contributed by atoms with van der Waals surface area (Å²) in [6.45, 7) is 0. The van der Waals surface area contributed by atoms with Crippen molar-refractivity contribution in [2.24, 2.45) is 0 Å². The smallest absolute Gasteiger partial charge is 0.416 e. The third-order valence-corrected chi connectivity index (χ3v) is 5.35. The minimum atomic E-state index is -4.75. The van der Waals surface area contributed by atoms with Gasteiger partial charge in [-0.05, 0) is 36.6 Å². The van der Waals surface area contributed by atoms with Crippen LogP contribution in [0.25, 0.3) is 0 Å². The lowest BCUT2D eigenvalue weighted by Crippen LogP contribution is -2.41. The van der Waals surface area contributed by atoms with Crippen LogP contribution in [0.5, 0.6) is 0 Å². The number of alkyl halides is 3. The lowest BCUT2D eigenvalue weighted by atomic mass is 10.2. The van der Waals surface area contributed by atoms with Gasteiger partial charge in [0.05, 0.1) is 10.6 Å². The van der Waals surface area contributed by atoms with Crippen molar-refractivity contribution in [3.05, 3.63) is 28.8 Å². The topological polar surface area (TPSA) is 83.5 Å². The van der Waals surface area contributed by atoms with Crippen molar-refractivity contribution in [3.8, 4) is 0 Å². The summed E-state index contributed by atoms with van der Waals surface area (Å²) in [4.78, 5) is 10.3. The highest BCUT2D eigenvalue weighted by Gasteiger charge is 2.33. The summed E-state index contributed by atoms with van der Waals surface area (Å²) in [5.74, 6) is -1.07. The summed E-state index contributed by atoms with van der Waals surface area (Å²) in [5, 5.41) is 8.58. The van der Waals surface area contributed by atoms with Crippen LogP contribution in [-0.2, 0) is 21.0 Å². The summed E-state index contributed by atoms with van der Waals surface area (Å²) >= 11 is 6.97. The van der Waals surface area contributed by atoms with E-state index >= 15 is 0 Å². The highest BCUT2D eigenvalue weighted by molar-refractivity contribution is 7.98. The van der Waals surface area contributed by atoms with Crippen LogP contribution in [-0.4, -0.2) is 37.5 Å². The molecule has 1 aromatic rings. The highest BCUT2D eigenvalue weighted by atomic mass is 35.5. The van der Waals surface area contributed by atoms with E-state index in [1.165, 1.54) is 11.8 Å². The second-order valence-electron chi connectivity index (χ2n) is 4.44. The number of carboxylic acids is 1. The maximum atomic E-state index is 12.7. The molecule has 0 unspecified atom stereocenters. The normalized spacial score (nSPS) is 13.8. The predicted octanol–water partition coefficient (Wildman–Crippen LogP) is 2.84. The second kappa shape index (κ2) is 7.73. The number of aliphatic carboxylic acids is 1. The van der Waals surface area contributed by atoms with E-state index < -0.39 is 43.7 Å². The first-order chi connectivity index (χ1) is 10.5. The van der Waals surface area contributed by atoms with Gasteiger partial charge in [0.2, 0.25) is 10.0 Å². The van der Waals surface area contributed by atoms with Crippen LogP contribution in [0.15, 0.2) is 23.1 Å². The molecule has 1 atom stereocenters. The van der Waals surface area contributed by atoms with Crippen LogP contribution in [0.2, 0.25) is 5.02 Å². The number of nitrogens with one attached hydrogen (secondary N) is 1. The fourth-order valence-electron chi connectivity index (χ4n) is 1.60.